The van der Waals surface area contributed by atoms with Gasteiger partial charge in [-0.25, -0.2) is 4.98 Å². The van der Waals surface area contributed by atoms with Gasteiger partial charge < -0.3 is 4.74 Å². The lowest BCUT2D eigenvalue weighted by atomic mass is 10.3. The monoisotopic (exact) mass is 324 g/mol. The Balaban J connectivity index is 1.95. The summed E-state index contributed by atoms with van der Waals surface area (Å²) in [6.07, 6.45) is -0.698. The molecule has 0 spiro atoms. The topological polar surface area (TPSA) is 68.3 Å². The molecule has 0 fully saturated rings. The standard InChI is InChI=1S/C14H13ClN2O3S/c1-8(18)12-7-21-14(16-12)17-13(19)9(2)20-11-5-3-10(15)4-6-11/h3-7,9H,1-2H3,(H,16,17,19). The second-order valence-electron chi connectivity index (χ2n) is 4.30. The number of ether oxygens (including phenoxy) is 1. The zero-order valence-electron chi connectivity index (χ0n) is 11.4. The molecule has 1 unspecified atom stereocenters. The number of hydrogen-bond acceptors (Lipinski definition) is 5. The van der Waals surface area contributed by atoms with Gasteiger partial charge in [-0.3, -0.25) is 14.9 Å². The first-order chi connectivity index (χ1) is 9.95. The third-order valence-corrected chi connectivity index (χ3v) is 3.60. The number of nitrogens with zero attached hydrogens (tertiary/aromatic N) is 1. The maximum Gasteiger partial charge on any atom is 0.266 e. The first-order valence-corrected chi connectivity index (χ1v) is 7.41. The van der Waals surface area contributed by atoms with Crippen LogP contribution in [0.3, 0.4) is 0 Å². The number of Topliss-reactive ketones (excluding diaryl/α,β-unsaturated/α-hetero) is 1. The fourth-order valence-electron chi connectivity index (χ4n) is 1.47. The van der Waals surface area contributed by atoms with E-state index in [0.717, 1.165) is 0 Å². The van der Waals surface area contributed by atoms with Crippen LogP contribution in [0, 0.1) is 0 Å². The normalized spacial score (nSPS) is 11.8. The predicted octanol–water partition coefficient (Wildman–Crippen LogP) is 3.41. The van der Waals surface area contributed by atoms with Gasteiger partial charge in [0.25, 0.3) is 5.91 Å². The molecule has 0 bridgehead atoms. The fourth-order valence-corrected chi connectivity index (χ4v) is 2.35. The van der Waals surface area contributed by atoms with Crippen molar-refractivity contribution in [2.75, 3.05) is 5.32 Å². The van der Waals surface area contributed by atoms with E-state index in [1.54, 1.807) is 36.6 Å². The zero-order chi connectivity index (χ0) is 15.4. The number of benzene rings is 1. The first-order valence-electron chi connectivity index (χ1n) is 6.15. The van der Waals surface area contributed by atoms with Crippen molar-refractivity contribution in [3.05, 3.63) is 40.4 Å². The van der Waals surface area contributed by atoms with Crippen LogP contribution in [0.5, 0.6) is 5.75 Å². The summed E-state index contributed by atoms with van der Waals surface area (Å²) in [4.78, 5) is 27.1. The number of hydrogen-bond donors (Lipinski definition) is 1. The molecule has 1 aromatic carbocycles. The number of aromatic nitrogens is 1. The molecular formula is C14H13ClN2O3S. The predicted molar refractivity (Wildman–Crippen MR) is 82.3 cm³/mol. The highest BCUT2D eigenvalue weighted by Crippen LogP contribution is 2.19. The number of amides is 1. The van der Waals surface area contributed by atoms with Crippen molar-refractivity contribution in [2.45, 2.75) is 20.0 Å². The average Bonchev–Trinajstić information content (AvgIpc) is 2.90. The van der Waals surface area contributed by atoms with Gasteiger partial charge in [0.1, 0.15) is 11.4 Å². The highest BCUT2D eigenvalue weighted by molar-refractivity contribution is 7.14. The summed E-state index contributed by atoms with van der Waals surface area (Å²) in [7, 11) is 0. The van der Waals surface area contributed by atoms with Crippen LogP contribution in [0.4, 0.5) is 5.13 Å². The highest BCUT2D eigenvalue weighted by Gasteiger charge is 2.17. The molecule has 1 amide bonds. The number of carbonyl (C=O) groups is 2. The van der Waals surface area contributed by atoms with E-state index in [4.69, 9.17) is 16.3 Å². The zero-order valence-corrected chi connectivity index (χ0v) is 13.0. The molecular weight excluding hydrogens is 312 g/mol. The smallest absolute Gasteiger partial charge is 0.266 e. The Hall–Kier alpha value is -1.92. The number of anilines is 1. The van der Waals surface area contributed by atoms with Crippen molar-refractivity contribution in [1.29, 1.82) is 0 Å². The lowest BCUT2D eigenvalue weighted by Crippen LogP contribution is -2.30. The minimum Gasteiger partial charge on any atom is -0.481 e. The molecule has 1 heterocycles. The van der Waals surface area contributed by atoms with Crippen molar-refractivity contribution < 1.29 is 14.3 Å². The van der Waals surface area contributed by atoms with E-state index >= 15 is 0 Å². The molecule has 110 valence electrons. The van der Waals surface area contributed by atoms with Crippen LogP contribution in [0.25, 0.3) is 0 Å². The number of halogens is 1. The second kappa shape index (κ2) is 6.69. The van der Waals surface area contributed by atoms with E-state index in [2.05, 4.69) is 10.3 Å². The lowest BCUT2D eigenvalue weighted by molar-refractivity contribution is -0.122. The molecule has 5 nitrogen and oxygen atoms in total. The number of rotatable bonds is 5. The molecule has 0 aliphatic heterocycles. The van der Waals surface area contributed by atoms with Gasteiger partial charge in [-0.05, 0) is 31.2 Å². The summed E-state index contributed by atoms with van der Waals surface area (Å²) in [5.74, 6) is 0.0669. The van der Waals surface area contributed by atoms with Gasteiger partial charge in [0, 0.05) is 17.3 Å². The van der Waals surface area contributed by atoms with Crippen molar-refractivity contribution in [3.63, 3.8) is 0 Å². The maximum atomic E-state index is 12.0. The molecule has 0 radical (unpaired) electrons. The first kappa shape index (κ1) is 15.5. The third kappa shape index (κ3) is 4.27. The van der Waals surface area contributed by atoms with Crippen LogP contribution in [-0.4, -0.2) is 22.8 Å². The summed E-state index contributed by atoms with van der Waals surface area (Å²) < 4.78 is 5.50. The van der Waals surface area contributed by atoms with Crippen LogP contribution >= 0.6 is 22.9 Å². The number of nitrogens with one attached hydrogen (secondary N) is 1. The average molecular weight is 325 g/mol. The van der Waals surface area contributed by atoms with Gasteiger partial charge in [-0.2, -0.15) is 0 Å². The summed E-state index contributed by atoms with van der Waals surface area (Å²) in [6, 6.07) is 6.73. The van der Waals surface area contributed by atoms with Gasteiger partial charge in [-0.15, -0.1) is 11.3 Å². The number of thiazole rings is 1. The van der Waals surface area contributed by atoms with E-state index < -0.39 is 6.10 Å². The van der Waals surface area contributed by atoms with Gasteiger partial charge in [0.2, 0.25) is 0 Å². The maximum absolute atomic E-state index is 12.0. The Morgan fingerprint density at radius 2 is 2.00 bits per heavy atom. The summed E-state index contributed by atoms with van der Waals surface area (Å²) >= 11 is 6.97. The minimum atomic E-state index is -0.698. The molecule has 2 rings (SSSR count). The van der Waals surface area contributed by atoms with Crippen molar-refractivity contribution in [2.24, 2.45) is 0 Å². The molecule has 0 aliphatic rings. The van der Waals surface area contributed by atoms with Crippen LogP contribution in [0.2, 0.25) is 5.02 Å². The minimum absolute atomic E-state index is 0.141. The summed E-state index contributed by atoms with van der Waals surface area (Å²) in [6.45, 7) is 3.05. The highest BCUT2D eigenvalue weighted by atomic mass is 35.5. The van der Waals surface area contributed by atoms with Crippen LogP contribution < -0.4 is 10.1 Å². The molecule has 0 saturated heterocycles. The van der Waals surface area contributed by atoms with Crippen LogP contribution in [0.15, 0.2) is 29.6 Å². The van der Waals surface area contributed by atoms with Crippen molar-refractivity contribution in [3.8, 4) is 5.75 Å². The Morgan fingerprint density at radius 3 is 2.57 bits per heavy atom. The third-order valence-electron chi connectivity index (χ3n) is 2.59. The van der Waals surface area contributed by atoms with E-state index in [1.807, 2.05) is 0 Å². The number of carbonyl (C=O) groups excluding carboxylic acids is 2. The van der Waals surface area contributed by atoms with Gasteiger partial charge >= 0.3 is 0 Å². The van der Waals surface area contributed by atoms with Gasteiger partial charge in [0.15, 0.2) is 17.0 Å². The van der Waals surface area contributed by atoms with Crippen molar-refractivity contribution >= 4 is 39.8 Å². The van der Waals surface area contributed by atoms with E-state index in [1.165, 1.54) is 18.3 Å². The molecule has 1 aromatic heterocycles. The van der Waals surface area contributed by atoms with Gasteiger partial charge in [-0.1, -0.05) is 11.6 Å². The van der Waals surface area contributed by atoms with Crippen LogP contribution in [-0.2, 0) is 4.79 Å². The molecule has 7 heteroatoms. The Kier molecular flexibility index (Phi) is 4.93. The van der Waals surface area contributed by atoms with Gasteiger partial charge in [0.05, 0.1) is 0 Å². The van der Waals surface area contributed by atoms with E-state index in [-0.39, 0.29) is 11.7 Å². The van der Waals surface area contributed by atoms with Crippen molar-refractivity contribution in [1.82, 2.24) is 4.98 Å². The largest absolute Gasteiger partial charge is 0.481 e. The SMILES string of the molecule is CC(=O)c1csc(NC(=O)C(C)Oc2ccc(Cl)cc2)n1. The summed E-state index contributed by atoms with van der Waals surface area (Å²) in [5.41, 5.74) is 0.335. The second-order valence-corrected chi connectivity index (χ2v) is 5.59. The molecule has 1 N–H and O–H groups in total. The molecule has 21 heavy (non-hydrogen) atoms. The quantitative estimate of drug-likeness (QED) is 0.856. The Labute approximate surface area is 130 Å². The van der Waals surface area contributed by atoms with E-state index in [9.17, 15) is 9.59 Å². The van der Waals surface area contributed by atoms with Crippen LogP contribution in [0.1, 0.15) is 24.3 Å². The fraction of sp³-hybridized carbons (Fsp3) is 0.214. The molecule has 0 aliphatic carbocycles. The Bertz CT molecular complexity index is 654. The molecule has 2 aromatic rings. The lowest BCUT2D eigenvalue weighted by Gasteiger charge is -2.13. The summed E-state index contributed by atoms with van der Waals surface area (Å²) in [5, 5.41) is 5.18. The van der Waals surface area contributed by atoms with E-state index in [0.29, 0.717) is 21.6 Å². The Morgan fingerprint density at radius 1 is 1.33 bits per heavy atom. The number of ketones is 1. The molecule has 1 atom stereocenters. The molecule has 0 saturated carbocycles.